The summed E-state index contributed by atoms with van der Waals surface area (Å²) in [5.74, 6) is -0.147. The van der Waals surface area contributed by atoms with Crippen molar-refractivity contribution in [3.8, 4) is 0 Å². The molecule has 1 amide bonds. The van der Waals surface area contributed by atoms with Crippen LogP contribution in [0.25, 0.3) is 0 Å². The molecular weight excluding hydrogens is 207 g/mol. The van der Waals surface area contributed by atoms with Gasteiger partial charge in [-0.15, -0.1) is 0 Å². The Balaban J connectivity index is 2.19. The van der Waals surface area contributed by atoms with Gasteiger partial charge >= 0.3 is 0 Å². The Kier molecular flexibility index (Phi) is 3.19. The van der Waals surface area contributed by atoms with Crippen LogP contribution in [0.15, 0.2) is 24.3 Å². The lowest BCUT2D eigenvalue weighted by Gasteiger charge is -2.24. The van der Waals surface area contributed by atoms with E-state index in [-0.39, 0.29) is 17.9 Å². The first kappa shape index (κ1) is 11.1. The van der Waals surface area contributed by atoms with Gasteiger partial charge in [0.05, 0.1) is 6.54 Å². The van der Waals surface area contributed by atoms with Crippen LogP contribution in [0.5, 0.6) is 0 Å². The van der Waals surface area contributed by atoms with Crippen molar-refractivity contribution in [2.45, 2.75) is 19.5 Å². The molecule has 1 saturated heterocycles. The number of nitrogens with zero attached hydrogens (tertiary/aromatic N) is 1. The molecule has 1 aromatic rings. The van der Waals surface area contributed by atoms with Crippen LogP contribution < -0.4 is 5.32 Å². The minimum absolute atomic E-state index is 0.104. The van der Waals surface area contributed by atoms with Crippen LogP contribution in [0, 0.1) is 5.82 Å². The van der Waals surface area contributed by atoms with Gasteiger partial charge in [0.25, 0.3) is 0 Å². The maximum absolute atomic E-state index is 12.8. The van der Waals surface area contributed by atoms with Crippen LogP contribution in [0.4, 0.5) is 4.39 Å². The van der Waals surface area contributed by atoms with Gasteiger partial charge in [-0.3, -0.25) is 10.1 Å². The van der Waals surface area contributed by atoms with Crippen molar-refractivity contribution in [1.82, 2.24) is 10.2 Å². The lowest BCUT2D eigenvalue weighted by Crippen LogP contribution is -2.30. The third-order valence-electron chi connectivity index (χ3n) is 2.73. The molecule has 3 nitrogen and oxygen atoms in total. The van der Waals surface area contributed by atoms with Crippen molar-refractivity contribution in [3.63, 3.8) is 0 Å². The van der Waals surface area contributed by atoms with Crippen LogP contribution in [0.2, 0.25) is 0 Å². The van der Waals surface area contributed by atoms with E-state index >= 15 is 0 Å². The number of rotatable bonds is 3. The average Bonchev–Trinajstić information content (AvgIpc) is 2.63. The molecule has 0 aliphatic carbocycles. The summed E-state index contributed by atoms with van der Waals surface area (Å²) in [7, 11) is 0. The summed E-state index contributed by atoms with van der Waals surface area (Å²) in [6.45, 7) is 3.13. The van der Waals surface area contributed by atoms with E-state index in [0.717, 1.165) is 18.5 Å². The summed E-state index contributed by atoms with van der Waals surface area (Å²) in [4.78, 5) is 13.4. The van der Waals surface area contributed by atoms with Crippen molar-refractivity contribution in [2.75, 3.05) is 13.1 Å². The first-order valence-corrected chi connectivity index (χ1v) is 5.50. The largest absolute Gasteiger partial charge is 0.322 e. The summed E-state index contributed by atoms with van der Waals surface area (Å²) in [6, 6.07) is 6.27. The van der Waals surface area contributed by atoms with E-state index in [1.54, 1.807) is 17.0 Å². The zero-order chi connectivity index (χ0) is 11.5. The SMILES string of the molecule is CCCN1C(=O)CNC1c1ccc(F)cc1. The fourth-order valence-electron chi connectivity index (χ4n) is 1.98. The molecule has 0 aromatic heterocycles. The fourth-order valence-corrected chi connectivity index (χ4v) is 1.98. The highest BCUT2D eigenvalue weighted by Gasteiger charge is 2.30. The Morgan fingerprint density at radius 2 is 2.12 bits per heavy atom. The molecule has 1 aliphatic heterocycles. The predicted octanol–water partition coefficient (Wildman–Crippen LogP) is 1.67. The van der Waals surface area contributed by atoms with Crippen molar-refractivity contribution in [1.29, 1.82) is 0 Å². The molecule has 2 rings (SSSR count). The van der Waals surface area contributed by atoms with Crippen LogP contribution in [0.1, 0.15) is 25.1 Å². The summed E-state index contributed by atoms with van der Waals surface area (Å²) < 4.78 is 12.8. The average molecular weight is 222 g/mol. The molecule has 86 valence electrons. The van der Waals surface area contributed by atoms with E-state index in [1.165, 1.54) is 12.1 Å². The maximum atomic E-state index is 12.8. The highest BCUT2D eigenvalue weighted by Crippen LogP contribution is 2.22. The van der Waals surface area contributed by atoms with Crippen molar-refractivity contribution in [3.05, 3.63) is 35.6 Å². The van der Waals surface area contributed by atoms with Gasteiger partial charge in [0.15, 0.2) is 0 Å². The summed E-state index contributed by atoms with van der Waals surface area (Å²) >= 11 is 0. The van der Waals surface area contributed by atoms with Gasteiger partial charge in [-0.25, -0.2) is 4.39 Å². The fraction of sp³-hybridized carbons (Fsp3) is 0.417. The maximum Gasteiger partial charge on any atom is 0.238 e. The van der Waals surface area contributed by atoms with E-state index in [4.69, 9.17) is 0 Å². The van der Waals surface area contributed by atoms with E-state index in [2.05, 4.69) is 5.32 Å². The second-order valence-corrected chi connectivity index (χ2v) is 3.92. The van der Waals surface area contributed by atoms with Gasteiger partial charge in [-0.05, 0) is 24.1 Å². The molecule has 0 spiro atoms. The van der Waals surface area contributed by atoms with Crippen LogP contribution in [-0.2, 0) is 4.79 Å². The molecular formula is C12H15FN2O. The zero-order valence-corrected chi connectivity index (χ0v) is 9.24. The predicted molar refractivity (Wildman–Crippen MR) is 59.1 cm³/mol. The number of halogens is 1. The lowest BCUT2D eigenvalue weighted by atomic mass is 10.1. The van der Waals surface area contributed by atoms with E-state index in [0.29, 0.717) is 6.54 Å². The first-order chi connectivity index (χ1) is 7.72. The Labute approximate surface area is 94.3 Å². The minimum atomic E-state index is -0.255. The third kappa shape index (κ3) is 2.07. The third-order valence-corrected chi connectivity index (χ3v) is 2.73. The highest BCUT2D eigenvalue weighted by atomic mass is 19.1. The van der Waals surface area contributed by atoms with Gasteiger partial charge in [0.1, 0.15) is 12.0 Å². The molecule has 1 N–H and O–H groups in total. The van der Waals surface area contributed by atoms with Crippen molar-refractivity contribution < 1.29 is 9.18 Å². The molecule has 4 heteroatoms. The van der Waals surface area contributed by atoms with Crippen molar-refractivity contribution >= 4 is 5.91 Å². The zero-order valence-electron chi connectivity index (χ0n) is 9.24. The molecule has 1 aliphatic rings. The molecule has 1 heterocycles. The normalized spacial score (nSPS) is 20.5. The smallest absolute Gasteiger partial charge is 0.238 e. The number of carbonyl (C=O) groups is 1. The van der Waals surface area contributed by atoms with E-state index < -0.39 is 0 Å². The Morgan fingerprint density at radius 3 is 2.75 bits per heavy atom. The molecule has 16 heavy (non-hydrogen) atoms. The number of carbonyl (C=O) groups excluding carboxylic acids is 1. The van der Waals surface area contributed by atoms with Gasteiger partial charge in [0, 0.05) is 6.54 Å². The van der Waals surface area contributed by atoms with Gasteiger partial charge in [-0.1, -0.05) is 19.1 Å². The molecule has 0 bridgehead atoms. The van der Waals surface area contributed by atoms with Gasteiger partial charge in [0.2, 0.25) is 5.91 Å². The number of nitrogens with one attached hydrogen (secondary N) is 1. The number of benzene rings is 1. The van der Waals surface area contributed by atoms with E-state index in [1.807, 2.05) is 6.92 Å². The molecule has 1 unspecified atom stereocenters. The molecule has 1 aromatic carbocycles. The summed E-state index contributed by atoms with van der Waals surface area (Å²) in [5, 5.41) is 3.13. The Bertz CT molecular complexity index is 377. The van der Waals surface area contributed by atoms with Crippen molar-refractivity contribution in [2.24, 2.45) is 0 Å². The van der Waals surface area contributed by atoms with Crippen LogP contribution in [0.3, 0.4) is 0 Å². The number of hydrogen-bond acceptors (Lipinski definition) is 2. The Hall–Kier alpha value is -1.42. The second kappa shape index (κ2) is 4.61. The summed E-state index contributed by atoms with van der Waals surface area (Å²) in [6.07, 6.45) is 0.818. The molecule has 0 radical (unpaired) electrons. The minimum Gasteiger partial charge on any atom is -0.322 e. The van der Waals surface area contributed by atoms with Gasteiger partial charge < -0.3 is 4.90 Å². The van der Waals surface area contributed by atoms with E-state index in [9.17, 15) is 9.18 Å². The molecule has 0 saturated carbocycles. The monoisotopic (exact) mass is 222 g/mol. The lowest BCUT2D eigenvalue weighted by molar-refractivity contribution is -0.128. The highest BCUT2D eigenvalue weighted by molar-refractivity contribution is 5.80. The second-order valence-electron chi connectivity index (χ2n) is 3.92. The number of amides is 1. The quantitative estimate of drug-likeness (QED) is 0.843. The van der Waals surface area contributed by atoms with Crippen LogP contribution >= 0.6 is 0 Å². The standard InChI is InChI=1S/C12H15FN2O/c1-2-7-15-11(16)8-14-12(15)9-3-5-10(13)6-4-9/h3-6,12,14H,2,7-8H2,1H3. The first-order valence-electron chi connectivity index (χ1n) is 5.50. The topological polar surface area (TPSA) is 32.3 Å². The van der Waals surface area contributed by atoms with Crippen LogP contribution in [-0.4, -0.2) is 23.9 Å². The summed E-state index contributed by atoms with van der Waals surface area (Å²) in [5.41, 5.74) is 0.931. The van der Waals surface area contributed by atoms with Gasteiger partial charge in [-0.2, -0.15) is 0 Å². The molecule has 1 fully saturated rings. The molecule has 1 atom stereocenters. The number of hydrogen-bond donors (Lipinski definition) is 1. The Morgan fingerprint density at radius 1 is 1.44 bits per heavy atom.